The Kier molecular flexibility index (Phi) is 8.62. The van der Waals surface area contributed by atoms with Gasteiger partial charge >= 0.3 is 0 Å². The third-order valence-electron chi connectivity index (χ3n) is 4.69. The van der Waals surface area contributed by atoms with E-state index in [-0.39, 0.29) is 11.8 Å². The number of anilines is 1. The Labute approximate surface area is 198 Å². The topological polar surface area (TPSA) is 106 Å². The van der Waals surface area contributed by atoms with Gasteiger partial charge in [0.05, 0.1) is 0 Å². The van der Waals surface area contributed by atoms with Crippen molar-refractivity contribution in [3.63, 3.8) is 0 Å². The van der Waals surface area contributed by atoms with Gasteiger partial charge in [-0.05, 0) is 54.6 Å². The molecule has 0 radical (unpaired) electrons. The van der Waals surface area contributed by atoms with Crippen LogP contribution in [0.3, 0.4) is 0 Å². The molecule has 0 spiro atoms. The zero-order valence-electron chi connectivity index (χ0n) is 19.0. The molecule has 0 fully saturated rings. The van der Waals surface area contributed by atoms with Crippen molar-refractivity contribution in [3.05, 3.63) is 90.0 Å². The number of benzene rings is 3. The van der Waals surface area contributed by atoms with Gasteiger partial charge in [-0.25, -0.2) is 0 Å². The molecule has 0 saturated carbocycles. The number of ether oxygens (including phenoxy) is 2. The second-order valence-corrected chi connectivity index (χ2v) is 7.67. The quantitative estimate of drug-likeness (QED) is 0.332. The van der Waals surface area contributed by atoms with Crippen LogP contribution in [-0.4, -0.2) is 30.9 Å². The summed E-state index contributed by atoms with van der Waals surface area (Å²) < 4.78 is 11.2. The van der Waals surface area contributed by atoms with Gasteiger partial charge in [-0.15, -0.1) is 0 Å². The minimum atomic E-state index is -0.486. The number of carbonyl (C=O) groups is 3. The smallest absolute Gasteiger partial charge is 0.269 e. The van der Waals surface area contributed by atoms with Crippen molar-refractivity contribution in [1.82, 2.24) is 10.9 Å². The van der Waals surface area contributed by atoms with Gasteiger partial charge < -0.3 is 14.8 Å². The maximum atomic E-state index is 12.4. The van der Waals surface area contributed by atoms with Crippen LogP contribution in [0.2, 0.25) is 0 Å². The number of amides is 3. The predicted molar refractivity (Wildman–Crippen MR) is 129 cm³/mol. The molecule has 3 N–H and O–H groups in total. The van der Waals surface area contributed by atoms with E-state index in [4.69, 9.17) is 9.47 Å². The second-order valence-electron chi connectivity index (χ2n) is 7.67. The molecule has 3 aromatic rings. The normalized spacial score (nSPS) is 10.3. The first-order valence-corrected chi connectivity index (χ1v) is 10.8. The van der Waals surface area contributed by atoms with Crippen molar-refractivity contribution in [1.29, 1.82) is 0 Å². The summed E-state index contributed by atoms with van der Waals surface area (Å²) >= 11 is 0. The summed E-state index contributed by atoms with van der Waals surface area (Å²) in [4.78, 5) is 36.5. The molecule has 0 aliphatic rings. The molecule has 8 nitrogen and oxygen atoms in total. The summed E-state index contributed by atoms with van der Waals surface area (Å²) in [7, 11) is 0. The summed E-state index contributed by atoms with van der Waals surface area (Å²) in [5, 5.41) is 2.75. The average molecular weight is 462 g/mol. The lowest BCUT2D eigenvalue weighted by atomic mass is 10.1. The van der Waals surface area contributed by atoms with Gasteiger partial charge in [0.15, 0.2) is 0 Å². The highest BCUT2D eigenvalue weighted by atomic mass is 16.5. The average Bonchev–Trinajstić information content (AvgIpc) is 2.86. The monoisotopic (exact) mass is 461 g/mol. The van der Waals surface area contributed by atoms with E-state index < -0.39 is 11.8 Å². The molecule has 3 rings (SSSR count). The van der Waals surface area contributed by atoms with Crippen LogP contribution in [0, 0.1) is 5.92 Å². The van der Waals surface area contributed by atoms with Crippen LogP contribution in [-0.2, 0) is 4.79 Å². The predicted octanol–water partition coefficient (Wildman–Crippen LogP) is 3.81. The fourth-order valence-electron chi connectivity index (χ4n) is 2.81. The lowest BCUT2D eigenvalue weighted by molar-refractivity contribution is -0.118. The van der Waals surface area contributed by atoms with Crippen molar-refractivity contribution >= 4 is 23.4 Å². The highest BCUT2D eigenvalue weighted by Crippen LogP contribution is 2.14. The molecule has 0 aliphatic heterocycles. The maximum Gasteiger partial charge on any atom is 0.269 e. The van der Waals surface area contributed by atoms with Crippen molar-refractivity contribution in [2.75, 3.05) is 18.5 Å². The van der Waals surface area contributed by atoms with Gasteiger partial charge in [0.25, 0.3) is 11.8 Å². The lowest BCUT2D eigenvalue weighted by Crippen LogP contribution is -2.41. The SMILES string of the molecule is CC(C)C(=O)Nc1ccc(C(=O)NNC(=O)c2cccc(OCCOc3ccccc3)c2)cc1. The number of hydrogen-bond donors (Lipinski definition) is 3. The standard InChI is InChI=1S/C26H27N3O5/c1-18(2)24(30)27-21-13-11-19(12-14-21)25(31)28-29-26(32)20-7-6-10-23(17-20)34-16-15-33-22-8-4-3-5-9-22/h3-14,17-18H,15-16H2,1-2H3,(H,27,30)(H,28,31)(H,29,32). The van der Waals surface area contributed by atoms with Gasteiger partial charge in [-0.3, -0.25) is 25.2 Å². The van der Waals surface area contributed by atoms with Crippen LogP contribution >= 0.6 is 0 Å². The van der Waals surface area contributed by atoms with Gasteiger partial charge in [0, 0.05) is 22.7 Å². The lowest BCUT2D eigenvalue weighted by Gasteiger charge is -2.11. The fourth-order valence-corrected chi connectivity index (χ4v) is 2.81. The van der Waals surface area contributed by atoms with Gasteiger partial charge in [-0.2, -0.15) is 0 Å². The van der Waals surface area contributed by atoms with Crippen molar-refractivity contribution in [2.45, 2.75) is 13.8 Å². The molecule has 176 valence electrons. The molecule has 0 unspecified atom stereocenters. The number of rotatable bonds is 9. The Morgan fingerprint density at radius 3 is 1.94 bits per heavy atom. The minimum Gasteiger partial charge on any atom is -0.490 e. The third-order valence-corrected chi connectivity index (χ3v) is 4.69. The van der Waals surface area contributed by atoms with E-state index in [2.05, 4.69) is 16.2 Å². The van der Waals surface area contributed by atoms with Crippen molar-refractivity contribution in [2.24, 2.45) is 5.92 Å². The molecule has 0 aliphatic carbocycles. The molecular weight excluding hydrogens is 434 g/mol. The van der Waals surface area contributed by atoms with E-state index in [0.717, 1.165) is 5.75 Å². The molecule has 0 heterocycles. The van der Waals surface area contributed by atoms with Gasteiger partial charge in [-0.1, -0.05) is 38.1 Å². The molecular formula is C26H27N3O5. The Balaban J connectivity index is 1.46. The Morgan fingerprint density at radius 1 is 0.706 bits per heavy atom. The van der Waals surface area contributed by atoms with Gasteiger partial charge in [0.1, 0.15) is 24.7 Å². The molecule has 0 atom stereocenters. The first kappa shape index (κ1) is 24.3. The number of hydrogen-bond acceptors (Lipinski definition) is 5. The van der Waals surface area contributed by atoms with E-state index in [0.29, 0.717) is 35.8 Å². The maximum absolute atomic E-state index is 12.4. The Bertz CT molecular complexity index is 1110. The highest BCUT2D eigenvalue weighted by molar-refractivity contribution is 5.99. The molecule has 3 amide bonds. The number of para-hydroxylation sites is 1. The van der Waals surface area contributed by atoms with Gasteiger partial charge in [0.2, 0.25) is 5.91 Å². The number of carbonyl (C=O) groups excluding carboxylic acids is 3. The van der Waals surface area contributed by atoms with Crippen molar-refractivity contribution < 1.29 is 23.9 Å². The van der Waals surface area contributed by atoms with E-state index in [1.807, 2.05) is 30.3 Å². The molecule has 0 bridgehead atoms. The molecule has 34 heavy (non-hydrogen) atoms. The van der Waals surface area contributed by atoms with Crippen LogP contribution in [0.25, 0.3) is 0 Å². The van der Waals surface area contributed by atoms with Crippen molar-refractivity contribution in [3.8, 4) is 11.5 Å². The molecule has 3 aromatic carbocycles. The zero-order valence-corrected chi connectivity index (χ0v) is 19.0. The highest BCUT2D eigenvalue weighted by Gasteiger charge is 2.11. The van der Waals surface area contributed by atoms with Crippen LogP contribution in [0.15, 0.2) is 78.9 Å². The first-order valence-electron chi connectivity index (χ1n) is 10.8. The van der Waals surface area contributed by atoms with E-state index >= 15 is 0 Å². The third kappa shape index (κ3) is 7.37. The van der Waals surface area contributed by atoms with Crippen LogP contribution in [0.4, 0.5) is 5.69 Å². The number of hydrazine groups is 1. The van der Waals surface area contributed by atoms with E-state index in [1.54, 1.807) is 62.4 Å². The summed E-state index contributed by atoms with van der Waals surface area (Å²) in [5.74, 6) is 0.0319. The fraction of sp³-hybridized carbons (Fsp3) is 0.192. The van der Waals surface area contributed by atoms with E-state index in [9.17, 15) is 14.4 Å². The number of nitrogens with one attached hydrogen (secondary N) is 3. The Morgan fingerprint density at radius 2 is 1.29 bits per heavy atom. The first-order chi connectivity index (χ1) is 16.4. The summed E-state index contributed by atoms with van der Waals surface area (Å²) in [6.07, 6.45) is 0. The minimum absolute atomic E-state index is 0.112. The molecule has 0 saturated heterocycles. The van der Waals surface area contributed by atoms with E-state index in [1.165, 1.54) is 0 Å². The van der Waals surface area contributed by atoms with Crippen LogP contribution in [0.5, 0.6) is 11.5 Å². The Hall–Kier alpha value is -4.33. The molecule has 0 aromatic heterocycles. The van der Waals surface area contributed by atoms with Crippen LogP contribution in [0.1, 0.15) is 34.6 Å². The summed E-state index contributed by atoms with van der Waals surface area (Å²) in [6, 6.07) is 22.4. The summed E-state index contributed by atoms with van der Waals surface area (Å²) in [6.45, 7) is 4.25. The zero-order chi connectivity index (χ0) is 24.3. The molecule has 8 heteroatoms. The summed E-state index contributed by atoms with van der Waals surface area (Å²) in [5.41, 5.74) is 6.01. The van der Waals surface area contributed by atoms with Crippen LogP contribution < -0.4 is 25.6 Å². The largest absolute Gasteiger partial charge is 0.490 e. The second kappa shape index (κ2) is 12.1.